The maximum atomic E-state index is 13.1. The number of pyridine rings is 4. The maximum Gasteiger partial charge on any atom is 0.415 e. The normalized spacial score (nSPS) is 22.2. The van der Waals surface area contributed by atoms with Crippen LogP contribution in [0.4, 0.5) is 70.6 Å². The SMILES string of the molecule is O=C(CCC(F)(F)F)c1ccc2c(n1)N(C(=O)Nc1cccc[nH+]1)[C@H]1CC[N+]2([O-])C1.O=C(CCC(F)(F)F)c1ccc2c(n1)N(C(=O)Nc1ccccn1)[C@H]1CC[N+]2([O-])C1.[OH-]. The van der Waals surface area contributed by atoms with Crippen molar-refractivity contribution < 1.29 is 56.0 Å². The summed E-state index contributed by atoms with van der Waals surface area (Å²) in [6.07, 6.45) is -8.94. The number of halogens is 6. The summed E-state index contributed by atoms with van der Waals surface area (Å²) in [5.74, 6) is -0.848. The van der Waals surface area contributed by atoms with Gasteiger partial charge in [-0.05, 0) is 30.3 Å². The second-order valence-electron chi connectivity index (χ2n) is 14.7. The van der Waals surface area contributed by atoms with E-state index in [-0.39, 0.29) is 66.1 Å². The molecule has 0 aromatic carbocycles. The third-order valence-corrected chi connectivity index (χ3v) is 10.6. The first kappa shape index (κ1) is 44.4. The van der Waals surface area contributed by atoms with Gasteiger partial charge in [0.2, 0.25) is 11.6 Å². The van der Waals surface area contributed by atoms with Crippen LogP contribution < -0.4 is 34.7 Å². The number of aromatic amines is 1. The average molecular weight is 861 g/mol. The lowest BCUT2D eigenvalue weighted by atomic mass is 10.1. The van der Waals surface area contributed by atoms with Gasteiger partial charge >= 0.3 is 24.4 Å². The topological polar surface area (TPSA) is 228 Å². The lowest BCUT2D eigenvalue weighted by Gasteiger charge is -2.44. The lowest BCUT2D eigenvalue weighted by Crippen LogP contribution is -2.54. The third kappa shape index (κ3) is 9.75. The number of fused-ring (bicyclic) bond motifs is 8. The molecule has 324 valence electrons. The molecule has 4 bridgehead atoms. The Hall–Kier alpha value is -6.14. The molecule has 4 N–H and O–H groups in total. The summed E-state index contributed by atoms with van der Waals surface area (Å²) in [4.78, 5) is 68.3. The number of H-pyrrole nitrogens is 1. The molecule has 4 atom stereocenters. The molecule has 2 unspecified atom stereocenters. The maximum absolute atomic E-state index is 13.1. The van der Waals surface area contributed by atoms with Crippen molar-refractivity contribution in [1.82, 2.24) is 24.2 Å². The molecule has 2 saturated heterocycles. The number of hydrogen-bond donors (Lipinski definition) is 2. The van der Waals surface area contributed by atoms with Crippen molar-refractivity contribution in [2.75, 3.05) is 46.6 Å². The summed E-state index contributed by atoms with van der Waals surface area (Å²) in [7, 11) is 0. The summed E-state index contributed by atoms with van der Waals surface area (Å²) in [5.41, 5.74) is 0.0366. The van der Waals surface area contributed by atoms with Crippen molar-refractivity contribution in [3.8, 4) is 0 Å². The minimum atomic E-state index is -4.46. The number of amides is 4. The predicted molar refractivity (Wildman–Crippen MR) is 206 cm³/mol. The van der Waals surface area contributed by atoms with Crippen LogP contribution in [0.25, 0.3) is 0 Å². The van der Waals surface area contributed by atoms with Crippen LogP contribution in [0.1, 0.15) is 59.5 Å². The van der Waals surface area contributed by atoms with E-state index in [1.807, 2.05) is 0 Å². The van der Waals surface area contributed by atoms with Gasteiger partial charge < -0.3 is 25.2 Å². The van der Waals surface area contributed by atoms with Gasteiger partial charge in [0.05, 0.1) is 44.2 Å². The Morgan fingerprint density at radius 3 is 1.64 bits per heavy atom. The third-order valence-electron chi connectivity index (χ3n) is 10.6. The van der Waals surface area contributed by atoms with Crippen molar-refractivity contribution in [2.24, 2.45) is 0 Å². The van der Waals surface area contributed by atoms with E-state index in [1.165, 1.54) is 40.3 Å². The van der Waals surface area contributed by atoms with Crippen LogP contribution in [0, 0.1) is 10.4 Å². The number of Topliss-reactive ketones (excluding diaryl/α,β-unsaturated/α-hetero) is 2. The Labute approximate surface area is 342 Å². The number of anilines is 4. The number of hydrogen-bond acceptors (Lipinski definition) is 10. The first-order valence-corrected chi connectivity index (χ1v) is 18.8. The van der Waals surface area contributed by atoms with Crippen LogP contribution in [0.3, 0.4) is 0 Å². The zero-order valence-corrected chi connectivity index (χ0v) is 31.9. The fourth-order valence-corrected chi connectivity index (χ4v) is 7.69. The Kier molecular flexibility index (Phi) is 12.4. The second-order valence-corrected chi connectivity index (χ2v) is 14.7. The van der Waals surface area contributed by atoms with Gasteiger partial charge in [-0.2, -0.15) is 31.7 Å². The van der Waals surface area contributed by atoms with Crippen molar-refractivity contribution in [3.05, 3.63) is 94.9 Å². The van der Waals surface area contributed by atoms with Gasteiger partial charge in [0.1, 0.15) is 30.3 Å². The molecule has 0 saturated carbocycles. The fourth-order valence-electron chi connectivity index (χ4n) is 7.69. The molecule has 8 rings (SSSR count). The van der Waals surface area contributed by atoms with Gasteiger partial charge in [0.15, 0.2) is 22.9 Å². The summed E-state index contributed by atoms with van der Waals surface area (Å²) >= 11 is 0. The van der Waals surface area contributed by atoms with Crippen molar-refractivity contribution >= 4 is 58.3 Å². The molecule has 4 aromatic heterocycles. The van der Waals surface area contributed by atoms with Crippen molar-refractivity contribution in [3.63, 3.8) is 0 Å². The molecular formula is C38H38F6N10O7. The Morgan fingerprint density at radius 2 is 1.20 bits per heavy atom. The summed E-state index contributed by atoms with van der Waals surface area (Å²) in [5, 5.41) is 31.6. The quantitative estimate of drug-likeness (QED) is 0.0845. The van der Waals surface area contributed by atoms with Crippen LogP contribution in [-0.4, -0.2) is 94.7 Å². The van der Waals surface area contributed by atoms with E-state index < -0.39 is 83.0 Å². The molecule has 4 aliphatic heterocycles. The number of rotatable bonds is 8. The molecule has 4 amide bonds. The molecule has 4 aromatic rings. The van der Waals surface area contributed by atoms with E-state index in [2.05, 4.69) is 30.6 Å². The zero-order chi connectivity index (χ0) is 43.0. The highest BCUT2D eigenvalue weighted by molar-refractivity contribution is 6.06. The molecule has 0 radical (unpaired) electrons. The molecule has 61 heavy (non-hydrogen) atoms. The van der Waals surface area contributed by atoms with E-state index in [4.69, 9.17) is 0 Å². The number of ketones is 2. The highest BCUT2D eigenvalue weighted by Crippen LogP contribution is 2.45. The Bertz CT molecular complexity index is 2130. The van der Waals surface area contributed by atoms with E-state index in [0.717, 1.165) is 0 Å². The molecular weight excluding hydrogens is 822 g/mol. The first-order valence-electron chi connectivity index (χ1n) is 18.8. The monoisotopic (exact) mass is 860 g/mol. The molecule has 0 spiro atoms. The van der Waals surface area contributed by atoms with Crippen LogP contribution in [0.15, 0.2) is 73.1 Å². The number of nitrogens with zero attached hydrogens (tertiary/aromatic N) is 7. The van der Waals surface area contributed by atoms with E-state index >= 15 is 0 Å². The number of urea groups is 2. The van der Waals surface area contributed by atoms with Gasteiger partial charge in [0, 0.05) is 50.1 Å². The number of carbonyl (C=O) groups is 4. The predicted octanol–water partition coefficient (Wildman–Crippen LogP) is 6.50. The number of quaternary nitrogens is 2. The van der Waals surface area contributed by atoms with Crippen molar-refractivity contribution in [2.45, 2.75) is 63.0 Å². The molecule has 23 heteroatoms. The first-order chi connectivity index (χ1) is 28.3. The Balaban J connectivity index is 0.000000201. The smallest absolute Gasteiger partial charge is 0.415 e. The van der Waals surface area contributed by atoms with E-state index in [9.17, 15) is 55.9 Å². The molecule has 0 aliphatic carbocycles. The van der Waals surface area contributed by atoms with Gasteiger partial charge in [-0.1, -0.05) is 12.1 Å². The number of hydroxylamine groups is 4. The number of carbonyl (C=O) groups excluding carboxylic acids is 4. The van der Waals surface area contributed by atoms with Crippen LogP contribution in [-0.2, 0) is 0 Å². The van der Waals surface area contributed by atoms with Gasteiger partial charge in [0.25, 0.3) is 5.82 Å². The lowest BCUT2D eigenvalue weighted by molar-refractivity contribution is -0.360. The Morgan fingerprint density at radius 1 is 0.705 bits per heavy atom. The van der Waals surface area contributed by atoms with Crippen LogP contribution in [0.2, 0.25) is 0 Å². The highest BCUT2D eigenvalue weighted by atomic mass is 19.4. The van der Waals surface area contributed by atoms with E-state index in [1.54, 1.807) is 42.6 Å². The number of aromatic nitrogens is 4. The largest absolute Gasteiger partial charge is 0.870 e. The summed E-state index contributed by atoms with van der Waals surface area (Å²) in [6, 6.07) is 13.4. The molecule has 4 aliphatic rings. The average Bonchev–Trinajstić information content (AvgIpc) is 3.73. The van der Waals surface area contributed by atoms with Crippen LogP contribution >= 0.6 is 0 Å². The minimum Gasteiger partial charge on any atom is -0.870 e. The van der Waals surface area contributed by atoms with Crippen LogP contribution in [0.5, 0.6) is 0 Å². The summed E-state index contributed by atoms with van der Waals surface area (Å²) < 4.78 is 73.4. The minimum absolute atomic E-state index is 0. The molecule has 8 heterocycles. The fraction of sp³-hybridized carbons (Fsp3) is 0.368. The highest BCUT2D eigenvalue weighted by Gasteiger charge is 2.50. The molecule has 2 fully saturated rings. The number of nitrogens with one attached hydrogen (secondary N) is 3. The van der Waals surface area contributed by atoms with E-state index in [0.29, 0.717) is 24.5 Å². The summed E-state index contributed by atoms with van der Waals surface area (Å²) in [6.45, 7) is 0.795. The van der Waals surface area contributed by atoms with Crippen molar-refractivity contribution in [1.29, 1.82) is 0 Å². The number of alkyl halides is 6. The standard InChI is InChI=1S/2C19H18F3N5O3.H2O/c2*20-19(21,22)8-6-15(28)13-4-5-14-17(24-13)26(12-7-10-27(14,30)11-12)18(29)25-16-3-1-2-9-23-16;/h2*1-5,9,12H,6-8,10-11H2,(H,23,25,29);1H2/t2*12-,27?;/m00./s1. The second kappa shape index (κ2) is 17.1. The molecule has 17 nitrogen and oxygen atoms in total. The van der Waals surface area contributed by atoms with Gasteiger partial charge in [-0.15, -0.1) is 0 Å². The van der Waals surface area contributed by atoms with Gasteiger partial charge in [-0.25, -0.2) is 34.4 Å². The zero-order valence-electron chi connectivity index (χ0n) is 31.9. The van der Waals surface area contributed by atoms with Gasteiger partial charge in [-0.3, -0.25) is 19.8 Å².